The van der Waals surface area contributed by atoms with Crippen molar-refractivity contribution in [1.29, 1.82) is 0 Å². The van der Waals surface area contributed by atoms with Crippen LogP contribution in [0.25, 0.3) is 6.08 Å². The Kier molecular flexibility index (Phi) is 5.59. The lowest BCUT2D eigenvalue weighted by Crippen LogP contribution is -2.48. The van der Waals surface area contributed by atoms with E-state index in [1.165, 1.54) is 30.3 Å². The molecule has 3 atom stereocenters. The van der Waals surface area contributed by atoms with Crippen molar-refractivity contribution < 1.29 is 23.7 Å². The number of nitro benzene ring substituents is 1. The molecule has 4 aromatic rings. The lowest BCUT2D eigenvalue weighted by atomic mass is 9.64. The van der Waals surface area contributed by atoms with Gasteiger partial charge in [0.05, 0.1) is 11.0 Å². The number of non-ortho nitro benzene ring substituents is 1. The van der Waals surface area contributed by atoms with Gasteiger partial charge in [-0.25, -0.2) is 4.39 Å². The predicted octanol–water partition coefficient (Wildman–Crippen LogP) is 6.36. The summed E-state index contributed by atoms with van der Waals surface area (Å²) in [6.45, 7) is 1.90. The van der Waals surface area contributed by atoms with Gasteiger partial charge in [-0.3, -0.25) is 24.5 Å². The smallest absolute Gasteiger partial charge is 0.269 e. The topological polar surface area (TPSA) is 97.6 Å². The largest absolute Gasteiger partial charge is 0.352 e. The molecule has 0 N–H and O–H groups in total. The van der Waals surface area contributed by atoms with Crippen molar-refractivity contribution in [2.75, 3.05) is 4.90 Å². The third-order valence-corrected chi connectivity index (χ3v) is 8.81. The van der Waals surface area contributed by atoms with Crippen LogP contribution >= 0.6 is 0 Å². The molecule has 1 saturated heterocycles. The van der Waals surface area contributed by atoms with Crippen LogP contribution in [-0.2, 0) is 0 Å². The number of halogens is 1. The maximum absolute atomic E-state index is 14.6. The zero-order valence-electron chi connectivity index (χ0n) is 22.4. The molecule has 0 amide bonds. The van der Waals surface area contributed by atoms with Crippen LogP contribution in [-0.4, -0.2) is 34.4 Å². The van der Waals surface area contributed by atoms with Gasteiger partial charge in [-0.2, -0.15) is 0 Å². The first-order chi connectivity index (χ1) is 20.2. The van der Waals surface area contributed by atoms with Crippen LogP contribution < -0.4 is 4.90 Å². The average molecular weight is 559 g/mol. The fourth-order valence-corrected chi connectivity index (χ4v) is 7.04. The molecule has 0 aromatic heterocycles. The molecule has 0 radical (unpaired) electrons. The molecule has 8 heteroatoms. The summed E-state index contributed by atoms with van der Waals surface area (Å²) in [5.74, 6) is -2.80. The molecule has 1 spiro atoms. The van der Waals surface area contributed by atoms with Gasteiger partial charge in [-0.15, -0.1) is 0 Å². The zero-order chi connectivity index (χ0) is 29.3. The summed E-state index contributed by atoms with van der Waals surface area (Å²) in [6, 6.07) is 21.5. The van der Waals surface area contributed by atoms with Crippen molar-refractivity contribution in [1.82, 2.24) is 0 Å². The second kappa shape index (κ2) is 9.14. The van der Waals surface area contributed by atoms with Gasteiger partial charge in [0.2, 0.25) is 0 Å². The Bertz CT molecular complexity index is 1840. The third-order valence-electron chi connectivity index (χ3n) is 8.81. The van der Waals surface area contributed by atoms with Gasteiger partial charge in [0.1, 0.15) is 17.3 Å². The number of ketones is 3. The summed E-state index contributed by atoms with van der Waals surface area (Å²) >= 11 is 0. The van der Waals surface area contributed by atoms with E-state index in [-0.39, 0.29) is 22.6 Å². The van der Waals surface area contributed by atoms with E-state index in [2.05, 4.69) is 0 Å². The van der Waals surface area contributed by atoms with Gasteiger partial charge >= 0.3 is 0 Å². The first-order valence-electron chi connectivity index (χ1n) is 13.5. The van der Waals surface area contributed by atoms with Gasteiger partial charge in [-0.1, -0.05) is 78.4 Å². The van der Waals surface area contributed by atoms with E-state index in [9.17, 15) is 28.9 Å². The normalized spacial score (nSPS) is 21.3. The summed E-state index contributed by atoms with van der Waals surface area (Å²) in [7, 11) is 0. The lowest BCUT2D eigenvalue weighted by molar-refractivity contribution is -0.384. The molecule has 4 aromatic carbocycles. The van der Waals surface area contributed by atoms with E-state index in [0.717, 1.165) is 5.56 Å². The molecule has 2 heterocycles. The third kappa shape index (κ3) is 3.41. The molecule has 7 nitrogen and oxygen atoms in total. The van der Waals surface area contributed by atoms with Crippen molar-refractivity contribution in [3.63, 3.8) is 0 Å². The van der Waals surface area contributed by atoms with Crippen molar-refractivity contribution in [2.24, 2.45) is 5.41 Å². The van der Waals surface area contributed by atoms with Gasteiger partial charge in [0.15, 0.2) is 17.3 Å². The van der Waals surface area contributed by atoms with Crippen molar-refractivity contribution in [3.05, 3.63) is 146 Å². The minimum absolute atomic E-state index is 0.220. The molecule has 0 unspecified atom stereocenters. The molecule has 7 rings (SSSR count). The van der Waals surface area contributed by atoms with Crippen molar-refractivity contribution in [2.45, 2.75) is 24.9 Å². The molecular weight excluding hydrogens is 535 g/mol. The number of hydrogen-bond donors (Lipinski definition) is 0. The first-order valence-corrected chi connectivity index (χ1v) is 13.5. The molecule has 2 aliphatic heterocycles. The predicted molar refractivity (Wildman–Crippen MR) is 154 cm³/mol. The van der Waals surface area contributed by atoms with E-state index < -0.39 is 45.7 Å². The zero-order valence-corrected chi connectivity index (χ0v) is 22.4. The Morgan fingerprint density at radius 3 is 2.26 bits per heavy atom. The Hall–Kier alpha value is -5.24. The van der Waals surface area contributed by atoms with Crippen LogP contribution in [0.3, 0.4) is 0 Å². The van der Waals surface area contributed by atoms with Gasteiger partial charge in [0.25, 0.3) is 5.69 Å². The van der Waals surface area contributed by atoms with Gasteiger partial charge < -0.3 is 4.90 Å². The number of carbonyl (C=O) groups is 3. The average Bonchev–Trinajstić information content (AvgIpc) is 3.43. The Balaban J connectivity index is 1.56. The van der Waals surface area contributed by atoms with E-state index in [0.29, 0.717) is 22.4 Å². The standard InChI is InChI=1S/C34H23FN2O5/c1-19-9-11-20(12-10-19)31(38)30-29(22-5-4-6-24(18-22)37(41)42)34(32(39)25-7-2-3-8-26(25)33(34)40)28-16-13-21-17-23(35)14-15-27(21)36(28)30/h2-18,28-30H,1H3/t28-,29-,30+/m1/s1. The van der Waals surface area contributed by atoms with Crippen molar-refractivity contribution in [3.8, 4) is 0 Å². The van der Waals surface area contributed by atoms with E-state index >= 15 is 0 Å². The second-order valence-corrected chi connectivity index (χ2v) is 11.0. The van der Waals surface area contributed by atoms with E-state index in [1.807, 2.05) is 6.92 Å². The first kappa shape index (κ1) is 25.7. The Morgan fingerprint density at radius 1 is 0.905 bits per heavy atom. The fourth-order valence-electron chi connectivity index (χ4n) is 7.04. The minimum Gasteiger partial charge on any atom is -0.352 e. The molecule has 0 saturated carbocycles. The number of Topliss-reactive ketones (excluding diaryl/α,β-unsaturated/α-hetero) is 3. The summed E-state index contributed by atoms with van der Waals surface area (Å²) in [4.78, 5) is 56.9. The molecule has 3 aliphatic rings. The number of benzene rings is 4. The quantitative estimate of drug-likeness (QED) is 0.125. The van der Waals surface area contributed by atoms with Crippen LogP contribution in [0.4, 0.5) is 15.8 Å². The number of fused-ring (bicyclic) bond motifs is 5. The maximum Gasteiger partial charge on any atom is 0.269 e. The SMILES string of the molecule is Cc1ccc(C(=O)[C@@H]2[C@@H](c3cccc([N+](=O)[O-])c3)C3(C(=O)c4ccccc4C3=O)[C@H]3C=Cc4cc(F)ccc4N23)cc1. The highest BCUT2D eigenvalue weighted by molar-refractivity contribution is 6.32. The molecule has 1 fully saturated rings. The Labute approximate surface area is 240 Å². The highest BCUT2D eigenvalue weighted by Gasteiger charge is 2.71. The number of carbonyl (C=O) groups excluding carboxylic acids is 3. The summed E-state index contributed by atoms with van der Waals surface area (Å²) in [6.07, 6.45) is 3.37. The van der Waals surface area contributed by atoms with Crippen LogP contribution in [0.1, 0.15) is 53.7 Å². The number of nitrogens with zero attached hydrogens (tertiary/aromatic N) is 2. The molecule has 0 bridgehead atoms. The minimum atomic E-state index is -1.80. The van der Waals surface area contributed by atoms with Crippen LogP contribution in [0, 0.1) is 28.3 Å². The summed E-state index contributed by atoms with van der Waals surface area (Å²) in [5.41, 5.74) is 1.12. The van der Waals surface area contributed by atoms with Crippen LogP contribution in [0.2, 0.25) is 0 Å². The molecule has 42 heavy (non-hydrogen) atoms. The number of rotatable bonds is 4. The summed E-state index contributed by atoms with van der Waals surface area (Å²) in [5, 5.41) is 11.9. The number of hydrogen-bond acceptors (Lipinski definition) is 6. The molecular formula is C34H23FN2O5. The van der Waals surface area contributed by atoms with Crippen molar-refractivity contribution >= 4 is 34.8 Å². The van der Waals surface area contributed by atoms with E-state index in [1.54, 1.807) is 77.7 Å². The Morgan fingerprint density at radius 2 is 1.60 bits per heavy atom. The number of nitro groups is 1. The van der Waals surface area contributed by atoms with Gasteiger partial charge in [0, 0.05) is 46.0 Å². The maximum atomic E-state index is 14.6. The van der Waals surface area contributed by atoms with Gasteiger partial charge in [-0.05, 0) is 30.7 Å². The fraction of sp³-hybridized carbons (Fsp3) is 0.147. The summed E-state index contributed by atoms with van der Waals surface area (Å²) < 4.78 is 14.4. The number of anilines is 1. The monoisotopic (exact) mass is 558 g/mol. The second-order valence-electron chi connectivity index (χ2n) is 11.0. The van der Waals surface area contributed by atoms with E-state index in [4.69, 9.17) is 0 Å². The molecule has 1 aliphatic carbocycles. The highest BCUT2D eigenvalue weighted by Crippen LogP contribution is 2.61. The number of aryl methyl sites for hydroxylation is 1. The van der Waals surface area contributed by atoms with Crippen LogP contribution in [0.5, 0.6) is 0 Å². The highest BCUT2D eigenvalue weighted by atomic mass is 19.1. The molecule has 206 valence electrons. The lowest BCUT2D eigenvalue weighted by Gasteiger charge is -2.37. The van der Waals surface area contributed by atoms with Crippen LogP contribution in [0.15, 0.2) is 97.1 Å².